The summed E-state index contributed by atoms with van der Waals surface area (Å²) < 4.78 is 1.73. The average Bonchev–Trinajstić information content (AvgIpc) is 2.58. The average molecular weight is 375 g/mol. The molecule has 0 bridgehead atoms. The highest BCUT2D eigenvalue weighted by Crippen LogP contribution is 2.18. The van der Waals surface area contributed by atoms with E-state index in [2.05, 4.69) is 5.32 Å². The number of carbonyl (C=O) groups excluding carboxylic acids is 1. The minimum Gasteiger partial charge on any atom is -0.348 e. The monoisotopic (exact) mass is 374 g/mol. The lowest BCUT2D eigenvalue weighted by Gasteiger charge is -2.16. The normalized spacial score (nSPS) is 12.1. The number of carbonyl (C=O) groups is 1. The van der Waals surface area contributed by atoms with Crippen LogP contribution in [0.3, 0.4) is 0 Å². The number of amides is 1. The molecule has 2 aromatic carbocycles. The molecule has 1 N–H and O–H groups in total. The molecule has 6 heteroatoms. The third-order valence-electron chi connectivity index (χ3n) is 4.00. The number of halogens is 2. The van der Waals surface area contributed by atoms with Gasteiger partial charge in [0.1, 0.15) is 6.54 Å². The van der Waals surface area contributed by atoms with E-state index in [1.165, 1.54) is 6.07 Å². The SMILES string of the molecule is C[C@@H](NC(=O)Cn1ccc(=O)c2cc(Cl)ccc21)c1ccc(Cl)cc1. The molecule has 128 valence electrons. The summed E-state index contributed by atoms with van der Waals surface area (Å²) in [6.45, 7) is 2.01. The van der Waals surface area contributed by atoms with Crippen molar-refractivity contribution in [1.29, 1.82) is 0 Å². The van der Waals surface area contributed by atoms with Gasteiger partial charge in [0.2, 0.25) is 5.91 Å². The molecule has 0 aliphatic heterocycles. The van der Waals surface area contributed by atoms with Gasteiger partial charge in [0, 0.05) is 27.7 Å². The highest BCUT2D eigenvalue weighted by atomic mass is 35.5. The van der Waals surface area contributed by atoms with Gasteiger partial charge < -0.3 is 9.88 Å². The van der Waals surface area contributed by atoms with Crippen molar-refractivity contribution < 1.29 is 4.79 Å². The summed E-state index contributed by atoms with van der Waals surface area (Å²) in [6.07, 6.45) is 1.62. The molecule has 0 aliphatic rings. The number of pyridine rings is 1. The molecule has 0 unspecified atom stereocenters. The van der Waals surface area contributed by atoms with Crippen LogP contribution in [0.25, 0.3) is 10.9 Å². The molecule has 1 atom stereocenters. The van der Waals surface area contributed by atoms with Gasteiger partial charge in [-0.05, 0) is 42.8 Å². The van der Waals surface area contributed by atoms with Crippen LogP contribution in [0, 0.1) is 0 Å². The molecule has 0 radical (unpaired) electrons. The van der Waals surface area contributed by atoms with Gasteiger partial charge in [-0.2, -0.15) is 0 Å². The smallest absolute Gasteiger partial charge is 0.240 e. The number of fused-ring (bicyclic) bond motifs is 1. The first kappa shape index (κ1) is 17.5. The van der Waals surface area contributed by atoms with E-state index in [1.54, 1.807) is 41.1 Å². The zero-order valence-corrected chi connectivity index (χ0v) is 15.0. The van der Waals surface area contributed by atoms with Crippen molar-refractivity contribution >= 4 is 40.0 Å². The van der Waals surface area contributed by atoms with Crippen molar-refractivity contribution in [1.82, 2.24) is 9.88 Å². The lowest BCUT2D eigenvalue weighted by molar-refractivity contribution is -0.122. The molecule has 0 spiro atoms. The van der Waals surface area contributed by atoms with Crippen LogP contribution in [0.2, 0.25) is 10.0 Å². The third kappa shape index (κ3) is 4.03. The van der Waals surface area contributed by atoms with E-state index >= 15 is 0 Å². The standard InChI is InChI=1S/C19H16Cl2N2O2/c1-12(13-2-4-14(20)5-3-13)22-19(25)11-23-9-8-18(24)16-10-15(21)6-7-17(16)23/h2-10,12H,11H2,1H3,(H,22,25)/t12-/m1/s1. The Labute approximate surface area is 155 Å². The van der Waals surface area contributed by atoms with Crippen LogP contribution in [-0.4, -0.2) is 10.5 Å². The largest absolute Gasteiger partial charge is 0.348 e. The molecule has 25 heavy (non-hydrogen) atoms. The predicted molar refractivity (Wildman–Crippen MR) is 101 cm³/mol. The Bertz CT molecular complexity index is 981. The van der Waals surface area contributed by atoms with E-state index in [1.807, 2.05) is 19.1 Å². The number of aromatic nitrogens is 1. The Morgan fingerprint density at radius 2 is 1.76 bits per heavy atom. The van der Waals surface area contributed by atoms with E-state index in [0.717, 1.165) is 5.56 Å². The lowest BCUT2D eigenvalue weighted by atomic mass is 10.1. The van der Waals surface area contributed by atoms with E-state index in [9.17, 15) is 9.59 Å². The Balaban J connectivity index is 1.79. The molecule has 0 fully saturated rings. The molecule has 0 saturated heterocycles. The molecule has 4 nitrogen and oxygen atoms in total. The van der Waals surface area contributed by atoms with Crippen LogP contribution in [0.4, 0.5) is 0 Å². The fourth-order valence-corrected chi connectivity index (χ4v) is 3.00. The van der Waals surface area contributed by atoms with Crippen LogP contribution >= 0.6 is 23.2 Å². The Morgan fingerprint density at radius 3 is 2.48 bits per heavy atom. The second kappa shape index (κ2) is 7.30. The Kier molecular flexibility index (Phi) is 5.11. The van der Waals surface area contributed by atoms with E-state index in [4.69, 9.17) is 23.2 Å². The van der Waals surface area contributed by atoms with E-state index in [0.29, 0.717) is 20.9 Å². The van der Waals surface area contributed by atoms with Gasteiger partial charge in [-0.15, -0.1) is 0 Å². The summed E-state index contributed by atoms with van der Waals surface area (Å²) in [5.74, 6) is -0.151. The molecular weight excluding hydrogens is 359 g/mol. The first-order valence-electron chi connectivity index (χ1n) is 7.77. The fraction of sp³-hybridized carbons (Fsp3) is 0.158. The zero-order valence-electron chi connectivity index (χ0n) is 13.5. The number of hydrogen-bond acceptors (Lipinski definition) is 2. The molecule has 3 rings (SSSR count). The minimum atomic E-state index is -0.151. The van der Waals surface area contributed by atoms with Gasteiger partial charge in [-0.1, -0.05) is 35.3 Å². The Hall–Kier alpha value is -2.30. The quantitative estimate of drug-likeness (QED) is 0.744. The summed E-state index contributed by atoms with van der Waals surface area (Å²) in [7, 11) is 0. The number of rotatable bonds is 4. The maximum absolute atomic E-state index is 12.4. The molecule has 1 heterocycles. The van der Waals surface area contributed by atoms with Gasteiger partial charge >= 0.3 is 0 Å². The van der Waals surface area contributed by atoms with Gasteiger partial charge in [0.05, 0.1) is 11.6 Å². The van der Waals surface area contributed by atoms with E-state index in [-0.39, 0.29) is 23.9 Å². The highest BCUT2D eigenvalue weighted by molar-refractivity contribution is 6.31. The van der Waals surface area contributed by atoms with Crippen molar-refractivity contribution in [3.8, 4) is 0 Å². The number of nitrogens with zero attached hydrogens (tertiary/aromatic N) is 1. The van der Waals surface area contributed by atoms with Gasteiger partial charge in [0.25, 0.3) is 0 Å². The summed E-state index contributed by atoms with van der Waals surface area (Å²) in [5, 5.41) is 4.58. The maximum atomic E-state index is 12.4. The number of benzene rings is 2. The van der Waals surface area contributed by atoms with Gasteiger partial charge in [-0.25, -0.2) is 0 Å². The van der Waals surface area contributed by atoms with Crippen LogP contribution in [0.5, 0.6) is 0 Å². The Morgan fingerprint density at radius 1 is 1.08 bits per heavy atom. The second-order valence-electron chi connectivity index (χ2n) is 5.81. The molecular formula is C19H16Cl2N2O2. The molecule has 3 aromatic rings. The third-order valence-corrected chi connectivity index (χ3v) is 4.49. The zero-order chi connectivity index (χ0) is 18.0. The molecule has 1 amide bonds. The van der Waals surface area contributed by atoms with E-state index < -0.39 is 0 Å². The van der Waals surface area contributed by atoms with Crippen molar-refractivity contribution in [2.24, 2.45) is 0 Å². The second-order valence-corrected chi connectivity index (χ2v) is 6.68. The topological polar surface area (TPSA) is 51.1 Å². The van der Waals surface area contributed by atoms with Crippen molar-refractivity contribution in [2.45, 2.75) is 19.5 Å². The van der Waals surface area contributed by atoms with Crippen molar-refractivity contribution in [3.63, 3.8) is 0 Å². The molecule has 1 aromatic heterocycles. The first-order valence-corrected chi connectivity index (χ1v) is 8.53. The predicted octanol–water partition coefficient (Wildman–Crippen LogP) is 4.19. The summed E-state index contributed by atoms with van der Waals surface area (Å²) >= 11 is 11.8. The number of nitrogens with one attached hydrogen (secondary N) is 1. The maximum Gasteiger partial charge on any atom is 0.240 e. The van der Waals surface area contributed by atoms with Crippen LogP contribution in [0.1, 0.15) is 18.5 Å². The van der Waals surface area contributed by atoms with Crippen LogP contribution in [0.15, 0.2) is 59.5 Å². The lowest BCUT2D eigenvalue weighted by Crippen LogP contribution is -2.30. The summed E-state index contributed by atoms with van der Waals surface area (Å²) in [4.78, 5) is 24.4. The van der Waals surface area contributed by atoms with Crippen LogP contribution in [-0.2, 0) is 11.3 Å². The molecule has 0 aliphatic carbocycles. The summed E-state index contributed by atoms with van der Waals surface area (Å²) in [6, 6.07) is 13.7. The highest BCUT2D eigenvalue weighted by Gasteiger charge is 2.11. The van der Waals surface area contributed by atoms with Crippen molar-refractivity contribution in [3.05, 3.63) is 80.6 Å². The first-order chi connectivity index (χ1) is 11.9. The van der Waals surface area contributed by atoms with Crippen molar-refractivity contribution in [2.75, 3.05) is 0 Å². The van der Waals surface area contributed by atoms with Crippen LogP contribution < -0.4 is 10.7 Å². The number of hydrogen-bond donors (Lipinski definition) is 1. The summed E-state index contributed by atoms with van der Waals surface area (Å²) in [5.41, 5.74) is 1.52. The fourth-order valence-electron chi connectivity index (χ4n) is 2.70. The molecule has 0 saturated carbocycles. The minimum absolute atomic E-state index is 0.107. The van der Waals surface area contributed by atoms with Gasteiger partial charge in [-0.3, -0.25) is 9.59 Å². The van der Waals surface area contributed by atoms with Gasteiger partial charge in [0.15, 0.2) is 5.43 Å².